The van der Waals surface area contributed by atoms with Gasteiger partial charge in [0, 0.05) is 5.69 Å². The van der Waals surface area contributed by atoms with Gasteiger partial charge in [0.15, 0.2) is 6.29 Å². The van der Waals surface area contributed by atoms with E-state index in [0.717, 1.165) is 5.69 Å². The summed E-state index contributed by atoms with van der Waals surface area (Å²) in [6, 6.07) is 3.42. The second kappa shape index (κ2) is 4.57. The van der Waals surface area contributed by atoms with E-state index < -0.39 is 0 Å². The van der Waals surface area contributed by atoms with E-state index in [9.17, 15) is 4.79 Å². The Hall–Kier alpha value is -1.42. The van der Waals surface area contributed by atoms with E-state index in [1.807, 2.05) is 0 Å². The fraction of sp³-hybridized carbons (Fsp3) is 0.333. The van der Waals surface area contributed by atoms with Crippen molar-refractivity contribution in [2.75, 3.05) is 13.2 Å². The number of hydrogen-bond acceptors (Lipinski definition) is 4. The smallest absolute Gasteiger partial charge is 0.172 e. The number of aliphatic hydroxyl groups is 1. The number of hydrogen-bond donors (Lipinski definition) is 1. The molecule has 0 saturated carbocycles. The molecule has 0 radical (unpaired) electrons. The molecule has 0 spiro atoms. The van der Waals surface area contributed by atoms with Crippen LogP contribution in [-0.4, -0.2) is 29.6 Å². The zero-order chi connectivity index (χ0) is 9.68. The third-order valence-corrected chi connectivity index (χ3v) is 1.49. The van der Waals surface area contributed by atoms with Gasteiger partial charge in [-0.3, -0.25) is 4.79 Å². The lowest BCUT2D eigenvalue weighted by atomic mass is 10.3. The Bertz CT molecular complexity index is 299. The van der Waals surface area contributed by atoms with Gasteiger partial charge in [-0.2, -0.15) is 0 Å². The van der Waals surface area contributed by atoms with Crippen LogP contribution in [0.5, 0.6) is 5.75 Å². The molecule has 1 aromatic rings. The van der Waals surface area contributed by atoms with Gasteiger partial charge in [0.05, 0.1) is 6.61 Å². The van der Waals surface area contributed by atoms with Crippen LogP contribution in [0.25, 0.3) is 0 Å². The topological polar surface area (TPSA) is 59.4 Å². The average Bonchev–Trinajstić information content (AvgIpc) is 2.16. The third-order valence-electron chi connectivity index (χ3n) is 1.49. The Morgan fingerprint density at radius 1 is 1.62 bits per heavy atom. The molecule has 13 heavy (non-hydrogen) atoms. The fourth-order valence-electron chi connectivity index (χ4n) is 0.926. The van der Waals surface area contributed by atoms with E-state index in [2.05, 4.69) is 4.98 Å². The first-order valence-electron chi connectivity index (χ1n) is 3.94. The van der Waals surface area contributed by atoms with Crippen molar-refractivity contribution in [3.8, 4) is 5.75 Å². The normalized spacial score (nSPS) is 9.69. The van der Waals surface area contributed by atoms with E-state index in [1.165, 1.54) is 0 Å². The maximum atomic E-state index is 10.5. The van der Waals surface area contributed by atoms with Gasteiger partial charge < -0.3 is 9.84 Å². The Labute approximate surface area is 76.2 Å². The molecule has 0 amide bonds. The largest absolute Gasteiger partial charge is 0.489 e. The zero-order valence-corrected chi connectivity index (χ0v) is 7.36. The summed E-state index contributed by atoms with van der Waals surface area (Å²) in [4.78, 5) is 14.5. The minimum Gasteiger partial charge on any atom is -0.489 e. The van der Waals surface area contributed by atoms with Crippen LogP contribution in [0.15, 0.2) is 12.1 Å². The Kier molecular flexibility index (Phi) is 3.40. The number of ether oxygens (including phenoxy) is 1. The van der Waals surface area contributed by atoms with Crippen molar-refractivity contribution >= 4 is 6.29 Å². The van der Waals surface area contributed by atoms with Gasteiger partial charge in [0.2, 0.25) is 0 Å². The molecule has 4 nitrogen and oxygen atoms in total. The average molecular weight is 181 g/mol. The third kappa shape index (κ3) is 2.52. The van der Waals surface area contributed by atoms with Gasteiger partial charge in [-0.1, -0.05) is 0 Å². The summed E-state index contributed by atoms with van der Waals surface area (Å²) in [5.41, 5.74) is 1.03. The van der Waals surface area contributed by atoms with Crippen molar-refractivity contribution in [3.63, 3.8) is 0 Å². The quantitative estimate of drug-likeness (QED) is 0.690. The minimum absolute atomic E-state index is 0.0772. The van der Waals surface area contributed by atoms with Crippen molar-refractivity contribution in [2.24, 2.45) is 0 Å². The summed E-state index contributed by atoms with van der Waals surface area (Å²) in [6.45, 7) is 1.89. The fourth-order valence-corrected chi connectivity index (χ4v) is 0.926. The molecule has 0 bridgehead atoms. The van der Waals surface area contributed by atoms with Crippen LogP contribution in [0.4, 0.5) is 0 Å². The Balaban J connectivity index is 2.86. The first-order valence-corrected chi connectivity index (χ1v) is 3.94. The van der Waals surface area contributed by atoms with Gasteiger partial charge >= 0.3 is 0 Å². The number of carbonyl (C=O) groups excluding carboxylic acids is 1. The van der Waals surface area contributed by atoms with E-state index in [1.54, 1.807) is 19.1 Å². The van der Waals surface area contributed by atoms with Gasteiger partial charge in [-0.15, -0.1) is 0 Å². The number of aliphatic hydroxyl groups excluding tert-OH is 1. The van der Waals surface area contributed by atoms with Crippen molar-refractivity contribution in [1.29, 1.82) is 0 Å². The SMILES string of the molecule is Cc1ccc(OCCO)c(C=O)n1. The lowest BCUT2D eigenvalue weighted by Crippen LogP contribution is -2.05. The number of nitrogens with zero attached hydrogens (tertiary/aromatic N) is 1. The highest BCUT2D eigenvalue weighted by molar-refractivity contribution is 5.76. The van der Waals surface area contributed by atoms with E-state index >= 15 is 0 Å². The number of aromatic nitrogens is 1. The van der Waals surface area contributed by atoms with Crippen LogP contribution >= 0.6 is 0 Å². The summed E-state index contributed by atoms with van der Waals surface area (Å²) in [5, 5.41) is 8.51. The summed E-state index contributed by atoms with van der Waals surface area (Å²) >= 11 is 0. The zero-order valence-electron chi connectivity index (χ0n) is 7.36. The molecule has 0 aliphatic carbocycles. The van der Waals surface area contributed by atoms with Crippen molar-refractivity contribution in [2.45, 2.75) is 6.92 Å². The summed E-state index contributed by atoms with van der Waals surface area (Å²) in [6.07, 6.45) is 0.639. The second-order valence-electron chi connectivity index (χ2n) is 2.53. The van der Waals surface area contributed by atoms with Crippen molar-refractivity contribution in [3.05, 3.63) is 23.5 Å². The van der Waals surface area contributed by atoms with Crippen molar-refractivity contribution < 1.29 is 14.6 Å². The molecule has 70 valence electrons. The highest BCUT2D eigenvalue weighted by Gasteiger charge is 2.03. The number of aryl methyl sites for hydroxylation is 1. The van der Waals surface area contributed by atoms with Gasteiger partial charge in [0.1, 0.15) is 18.1 Å². The van der Waals surface area contributed by atoms with Crippen molar-refractivity contribution in [1.82, 2.24) is 4.98 Å². The van der Waals surface area contributed by atoms with Gasteiger partial charge in [0.25, 0.3) is 0 Å². The molecule has 1 N–H and O–H groups in total. The molecule has 0 aliphatic rings. The highest BCUT2D eigenvalue weighted by Crippen LogP contribution is 2.14. The Morgan fingerprint density at radius 2 is 2.38 bits per heavy atom. The predicted molar refractivity (Wildman–Crippen MR) is 46.9 cm³/mol. The monoisotopic (exact) mass is 181 g/mol. The first-order chi connectivity index (χ1) is 6.27. The molecule has 0 saturated heterocycles. The van der Waals surface area contributed by atoms with E-state index in [-0.39, 0.29) is 18.9 Å². The highest BCUT2D eigenvalue weighted by atomic mass is 16.5. The van der Waals surface area contributed by atoms with Crippen LogP contribution in [-0.2, 0) is 0 Å². The maximum absolute atomic E-state index is 10.5. The van der Waals surface area contributed by atoms with Crippen LogP contribution < -0.4 is 4.74 Å². The molecule has 1 heterocycles. The number of pyridine rings is 1. The summed E-state index contributed by atoms with van der Waals surface area (Å²) < 4.78 is 5.09. The predicted octanol–water partition coefficient (Wildman–Crippen LogP) is 0.574. The Morgan fingerprint density at radius 3 is 3.00 bits per heavy atom. The molecule has 0 unspecified atom stereocenters. The van der Waals surface area contributed by atoms with Crippen LogP contribution in [0.2, 0.25) is 0 Å². The molecular weight excluding hydrogens is 170 g/mol. The molecule has 0 atom stereocenters. The van der Waals surface area contributed by atoms with Gasteiger partial charge in [-0.25, -0.2) is 4.98 Å². The van der Waals surface area contributed by atoms with Crippen LogP contribution in [0.1, 0.15) is 16.2 Å². The molecule has 1 rings (SSSR count). The molecule has 1 aromatic heterocycles. The molecule has 4 heteroatoms. The molecule has 0 aliphatic heterocycles. The lowest BCUT2D eigenvalue weighted by molar-refractivity contribution is 0.111. The minimum atomic E-state index is -0.0772. The summed E-state index contributed by atoms with van der Waals surface area (Å²) in [5.74, 6) is 0.412. The number of rotatable bonds is 4. The standard InChI is InChI=1S/C9H11NO3/c1-7-2-3-9(13-5-4-11)8(6-12)10-7/h2-3,6,11H,4-5H2,1H3. The second-order valence-corrected chi connectivity index (χ2v) is 2.53. The van der Waals surface area contributed by atoms with E-state index in [4.69, 9.17) is 9.84 Å². The molecule has 0 aromatic carbocycles. The lowest BCUT2D eigenvalue weighted by Gasteiger charge is -2.05. The number of aldehydes is 1. The van der Waals surface area contributed by atoms with Crippen LogP contribution in [0.3, 0.4) is 0 Å². The van der Waals surface area contributed by atoms with Crippen LogP contribution in [0, 0.1) is 6.92 Å². The molecular formula is C9H11NO3. The number of carbonyl (C=O) groups is 1. The first kappa shape index (κ1) is 9.67. The summed E-state index contributed by atoms with van der Waals surface area (Å²) in [7, 11) is 0. The molecule has 0 fully saturated rings. The van der Waals surface area contributed by atoms with Gasteiger partial charge in [-0.05, 0) is 19.1 Å². The maximum Gasteiger partial charge on any atom is 0.172 e. The van der Waals surface area contributed by atoms with E-state index in [0.29, 0.717) is 12.0 Å².